The first-order valence-electron chi connectivity index (χ1n) is 11.5. The number of rotatable bonds is 10. The van der Waals surface area contributed by atoms with Gasteiger partial charge in [-0.1, -0.05) is 12.1 Å². The van der Waals surface area contributed by atoms with Crippen LogP contribution >= 0.6 is 0 Å². The van der Waals surface area contributed by atoms with Crippen molar-refractivity contribution in [2.24, 2.45) is 0 Å². The molecule has 0 aliphatic carbocycles. The van der Waals surface area contributed by atoms with Crippen molar-refractivity contribution in [2.45, 2.75) is 18.8 Å². The van der Waals surface area contributed by atoms with Crippen LogP contribution in [0.3, 0.4) is 0 Å². The fourth-order valence-corrected chi connectivity index (χ4v) is 3.92. The third kappa shape index (κ3) is 5.87. The van der Waals surface area contributed by atoms with Crippen LogP contribution in [0.1, 0.15) is 30.3 Å². The van der Waals surface area contributed by atoms with Gasteiger partial charge in [-0.05, 0) is 24.6 Å². The summed E-state index contributed by atoms with van der Waals surface area (Å²) in [6, 6.07) is 11.3. The van der Waals surface area contributed by atoms with Crippen molar-refractivity contribution in [2.75, 3.05) is 58.3 Å². The van der Waals surface area contributed by atoms with Gasteiger partial charge < -0.3 is 19.4 Å². The third-order valence-corrected chi connectivity index (χ3v) is 5.85. The maximum Gasteiger partial charge on any atom is 0.222 e. The van der Waals surface area contributed by atoms with E-state index in [0.717, 1.165) is 32.7 Å². The normalized spacial score (nSPS) is 15.2. The van der Waals surface area contributed by atoms with E-state index in [-0.39, 0.29) is 5.91 Å². The molecule has 2 aromatic heterocycles. The Hall–Kier alpha value is -3.55. The fraction of sp³-hybridized carbons (Fsp3) is 0.458. The zero-order valence-corrected chi connectivity index (χ0v) is 19.3. The van der Waals surface area contributed by atoms with Crippen molar-refractivity contribution in [1.82, 2.24) is 24.8 Å². The number of benzene rings is 1. The molecule has 0 bridgehead atoms. The van der Waals surface area contributed by atoms with E-state index in [2.05, 4.69) is 31.2 Å². The Labute approximate surface area is 198 Å². The number of carbonyl (C=O) groups excluding carboxylic acids is 1. The molecule has 10 nitrogen and oxygen atoms in total. The van der Waals surface area contributed by atoms with Crippen LogP contribution in [0.15, 0.2) is 40.9 Å². The minimum absolute atomic E-state index is 0.170. The number of aromatic nitrogens is 3. The average molecular weight is 464 g/mol. The number of nitriles is 1. The van der Waals surface area contributed by atoms with E-state index in [9.17, 15) is 10.1 Å². The molecule has 1 unspecified atom stereocenters. The van der Waals surface area contributed by atoms with Gasteiger partial charge in [-0.3, -0.25) is 9.69 Å². The van der Waals surface area contributed by atoms with Crippen LogP contribution in [0.5, 0.6) is 0 Å². The number of nitrogens with zero attached hydrogens (tertiary/aromatic N) is 6. The minimum Gasteiger partial charge on any atom is -0.439 e. The van der Waals surface area contributed by atoms with Crippen molar-refractivity contribution in [3.63, 3.8) is 0 Å². The van der Waals surface area contributed by atoms with Gasteiger partial charge in [0, 0.05) is 59.0 Å². The lowest BCUT2D eigenvalue weighted by atomic mass is 10.1. The van der Waals surface area contributed by atoms with Crippen LogP contribution in [-0.2, 0) is 9.53 Å². The summed E-state index contributed by atoms with van der Waals surface area (Å²) < 4.78 is 10.9. The van der Waals surface area contributed by atoms with Gasteiger partial charge in [-0.15, -0.1) is 0 Å². The molecule has 1 atom stereocenters. The van der Waals surface area contributed by atoms with Crippen molar-refractivity contribution in [1.29, 1.82) is 5.26 Å². The molecule has 0 saturated carbocycles. The number of anilines is 1. The first-order valence-corrected chi connectivity index (χ1v) is 11.5. The molecule has 34 heavy (non-hydrogen) atoms. The van der Waals surface area contributed by atoms with E-state index in [0.29, 0.717) is 54.6 Å². The van der Waals surface area contributed by atoms with Gasteiger partial charge in [-0.2, -0.15) is 5.26 Å². The van der Waals surface area contributed by atoms with E-state index < -0.39 is 5.92 Å². The summed E-state index contributed by atoms with van der Waals surface area (Å²) in [5, 5.41) is 12.9. The zero-order chi connectivity index (χ0) is 23.8. The summed E-state index contributed by atoms with van der Waals surface area (Å²) in [4.78, 5) is 29.9. The molecule has 1 aliphatic rings. The molecule has 1 amide bonds. The minimum atomic E-state index is -0.736. The van der Waals surface area contributed by atoms with E-state index in [1.165, 1.54) is 0 Å². The monoisotopic (exact) mass is 463 g/mol. The summed E-state index contributed by atoms with van der Waals surface area (Å²) in [5.41, 5.74) is 1.84. The van der Waals surface area contributed by atoms with Gasteiger partial charge in [0.05, 0.1) is 18.4 Å². The van der Waals surface area contributed by atoms with Crippen LogP contribution in [0.4, 0.5) is 5.95 Å². The Kier molecular flexibility index (Phi) is 8.01. The van der Waals surface area contributed by atoms with E-state index in [4.69, 9.17) is 9.15 Å². The highest BCUT2D eigenvalue weighted by atomic mass is 16.5. The number of fused-ring (bicyclic) bond motifs is 1. The summed E-state index contributed by atoms with van der Waals surface area (Å²) in [6.07, 6.45) is 2.74. The van der Waals surface area contributed by atoms with Crippen LogP contribution in [0.2, 0.25) is 0 Å². The molecule has 178 valence electrons. The lowest BCUT2D eigenvalue weighted by Crippen LogP contribution is -2.49. The first-order chi connectivity index (χ1) is 16.7. The lowest BCUT2D eigenvalue weighted by molar-refractivity contribution is -0.133. The van der Waals surface area contributed by atoms with Gasteiger partial charge in [0.2, 0.25) is 17.7 Å². The first kappa shape index (κ1) is 23.6. The molecule has 0 radical (unpaired) electrons. The highest BCUT2D eigenvalue weighted by Crippen LogP contribution is 2.26. The zero-order valence-electron chi connectivity index (χ0n) is 19.3. The predicted octanol–water partition coefficient (Wildman–Crippen LogP) is 2.26. The fourth-order valence-electron chi connectivity index (χ4n) is 3.92. The van der Waals surface area contributed by atoms with Crippen LogP contribution < -0.4 is 5.32 Å². The Bertz CT molecular complexity index is 1100. The van der Waals surface area contributed by atoms with Gasteiger partial charge in [0.1, 0.15) is 5.52 Å². The van der Waals surface area contributed by atoms with Gasteiger partial charge in [0.25, 0.3) is 0 Å². The van der Waals surface area contributed by atoms with Gasteiger partial charge in [-0.25, -0.2) is 15.0 Å². The van der Waals surface area contributed by atoms with Gasteiger partial charge in [0.15, 0.2) is 11.5 Å². The number of hydrogen-bond donors (Lipinski definition) is 1. The number of carbonyl (C=O) groups is 1. The number of para-hydroxylation sites is 2. The van der Waals surface area contributed by atoms with E-state index in [1.807, 2.05) is 29.2 Å². The molecule has 1 aromatic carbocycles. The molecule has 10 heteroatoms. The molecule has 4 rings (SSSR count). The topological polar surface area (TPSA) is 120 Å². The largest absolute Gasteiger partial charge is 0.439 e. The molecule has 3 heterocycles. The number of piperazine rings is 1. The van der Waals surface area contributed by atoms with Crippen molar-refractivity contribution >= 4 is 23.0 Å². The molecule has 3 aromatic rings. The van der Waals surface area contributed by atoms with E-state index in [1.54, 1.807) is 19.4 Å². The van der Waals surface area contributed by atoms with Crippen molar-refractivity contribution in [3.05, 3.63) is 48.1 Å². The standard InChI is InChI=1S/C24H29N7O3/c1-33-16-15-30-11-13-31(14-12-30)22(32)7-4-9-26-24-27-10-8-19(29-24)18(17-25)23-28-20-5-2-3-6-21(20)34-23/h2-3,5-6,8,10,18H,4,7,9,11-16H2,1H3,(H,26,27,29). The second-order valence-electron chi connectivity index (χ2n) is 8.13. The molecule has 1 N–H and O–H groups in total. The number of methoxy groups -OCH3 is 1. The summed E-state index contributed by atoms with van der Waals surface area (Å²) in [6.45, 7) is 5.46. The Morgan fingerprint density at radius 2 is 2.06 bits per heavy atom. The van der Waals surface area contributed by atoms with Crippen molar-refractivity contribution < 1.29 is 13.9 Å². The number of amides is 1. The molecule has 0 spiro atoms. The smallest absolute Gasteiger partial charge is 0.222 e. The quantitative estimate of drug-likeness (QED) is 0.451. The SMILES string of the molecule is COCCN1CCN(C(=O)CCCNc2nccc(C(C#N)c3nc4ccccc4o3)n2)CC1. The number of nitrogens with one attached hydrogen (secondary N) is 1. The Morgan fingerprint density at radius 3 is 2.82 bits per heavy atom. The van der Waals surface area contributed by atoms with Crippen LogP contribution in [0.25, 0.3) is 11.1 Å². The average Bonchev–Trinajstić information content (AvgIpc) is 3.30. The number of hydrogen-bond acceptors (Lipinski definition) is 9. The number of ether oxygens (including phenoxy) is 1. The maximum absolute atomic E-state index is 12.5. The predicted molar refractivity (Wildman–Crippen MR) is 126 cm³/mol. The summed E-state index contributed by atoms with van der Waals surface area (Å²) in [5.74, 6) is 0.151. The highest BCUT2D eigenvalue weighted by molar-refractivity contribution is 5.76. The van der Waals surface area contributed by atoms with Gasteiger partial charge >= 0.3 is 0 Å². The van der Waals surface area contributed by atoms with Crippen LogP contribution in [0, 0.1) is 11.3 Å². The Morgan fingerprint density at radius 1 is 1.24 bits per heavy atom. The Balaban J connectivity index is 1.26. The third-order valence-electron chi connectivity index (χ3n) is 5.85. The molecule has 1 fully saturated rings. The lowest BCUT2D eigenvalue weighted by Gasteiger charge is -2.34. The highest BCUT2D eigenvalue weighted by Gasteiger charge is 2.22. The molecule has 1 aliphatic heterocycles. The van der Waals surface area contributed by atoms with E-state index >= 15 is 0 Å². The summed E-state index contributed by atoms with van der Waals surface area (Å²) in [7, 11) is 1.70. The molecular weight excluding hydrogens is 434 g/mol. The van der Waals surface area contributed by atoms with Crippen molar-refractivity contribution in [3.8, 4) is 6.07 Å². The summed E-state index contributed by atoms with van der Waals surface area (Å²) >= 11 is 0. The number of oxazole rings is 1. The molecular formula is C24H29N7O3. The maximum atomic E-state index is 12.5. The second kappa shape index (κ2) is 11.5. The molecule has 1 saturated heterocycles. The second-order valence-corrected chi connectivity index (χ2v) is 8.13. The van der Waals surface area contributed by atoms with Crippen LogP contribution in [-0.4, -0.2) is 83.6 Å².